The van der Waals surface area contributed by atoms with Gasteiger partial charge in [0.15, 0.2) is 0 Å². The topological polar surface area (TPSA) is 73.9 Å². The molecule has 1 aromatic heterocycles. The maximum absolute atomic E-state index is 12.4. The van der Waals surface area contributed by atoms with Gasteiger partial charge in [-0.05, 0) is 32.9 Å². The van der Waals surface area contributed by atoms with Gasteiger partial charge < -0.3 is 10.2 Å². The van der Waals surface area contributed by atoms with Crippen molar-refractivity contribution in [1.29, 1.82) is 0 Å². The molecule has 1 atom stereocenters. The van der Waals surface area contributed by atoms with Gasteiger partial charge in [0.05, 0.1) is 12.0 Å². The van der Waals surface area contributed by atoms with E-state index >= 15 is 0 Å². The molecule has 1 fully saturated rings. The van der Waals surface area contributed by atoms with Gasteiger partial charge in [0.1, 0.15) is 5.82 Å². The highest BCUT2D eigenvalue weighted by atomic mass is 19.4. The minimum atomic E-state index is -4.59. The molecule has 1 aliphatic rings. The third-order valence-electron chi connectivity index (χ3n) is 3.97. The van der Waals surface area contributed by atoms with E-state index in [1.165, 1.54) is 0 Å². The van der Waals surface area contributed by atoms with E-state index in [2.05, 4.69) is 25.4 Å². The summed E-state index contributed by atoms with van der Waals surface area (Å²) in [7, 11) is 0. The minimum absolute atomic E-state index is 0.00701. The molecule has 0 saturated carbocycles. The lowest BCUT2D eigenvalue weighted by Gasteiger charge is -2.38. The second-order valence-corrected chi connectivity index (χ2v) is 5.82. The lowest BCUT2D eigenvalue weighted by atomic mass is 9.81. The highest BCUT2D eigenvalue weighted by Crippen LogP contribution is 2.29. The minimum Gasteiger partial charge on any atom is -0.348 e. The lowest BCUT2D eigenvalue weighted by Crippen LogP contribution is -2.50. The fraction of sp³-hybridized carbons (Fsp3) is 0.769. The van der Waals surface area contributed by atoms with E-state index in [0.29, 0.717) is 6.54 Å². The normalized spacial score (nSPS) is 23.5. The second-order valence-electron chi connectivity index (χ2n) is 5.82. The van der Waals surface area contributed by atoms with Crippen molar-refractivity contribution in [2.24, 2.45) is 5.41 Å². The number of aromatic nitrogens is 3. The van der Waals surface area contributed by atoms with Crippen LogP contribution in [0.3, 0.4) is 0 Å². The Kier molecular flexibility index (Phi) is 4.74. The number of aromatic amines is 1. The Labute approximate surface area is 126 Å². The SMILES string of the molecule is CCN1CCCC(C)(C(=O)NCc2nc(C(F)(F)F)n[nH]2)C1. The molecule has 1 saturated heterocycles. The van der Waals surface area contributed by atoms with Crippen molar-refractivity contribution >= 4 is 5.91 Å². The molecule has 124 valence electrons. The number of nitrogens with zero attached hydrogens (tertiary/aromatic N) is 3. The first kappa shape index (κ1) is 16.7. The zero-order chi connectivity index (χ0) is 16.4. The van der Waals surface area contributed by atoms with Crippen molar-refractivity contribution in [2.75, 3.05) is 19.6 Å². The number of amides is 1. The van der Waals surface area contributed by atoms with Gasteiger partial charge in [0.25, 0.3) is 5.82 Å². The van der Waals surface area contributed by atoms with Crippen LogP contribution in [0, 0.1) is 5.41 Å². The van der Waals surface area contributed by atoms with E-state index in [1.54, 1.807) is 0 Å². The van der Waals surface area contributed by atoms with Crippen molar-refractivity contribution < 1.29 is 18.0 Å². The first-order valence-electron chi connectivity index (χ1n) is 7.24. The number of H-pyrrole nitrogens is 1. The smallest absolute Gasteiger partial charge is 0.348 e. The van der Waals surface area contributed by atoms with Gasteiger partial charge in [-0.3, -0.25) is 9.89 Å². The molecule has 1 aromatic rings. The molecule has 2 rings (SSSR count). The number of rotatable bonds is 4. The molecule has 2 heterocycles. The molecule has 6 nitrogen and oxygen atoms in total. The molecule has 2 N–H and O–H groups in total. The number of hydrogen-bond donors (Lipinski definition) is 2. The summed E-state index contributed by atoms with van der Waals surface area (Å²) < 4.78 is 37.2. The van der Waals surface area contributed by atoms with Crippen LogP contribution in [0.4, 0.5) is 13.2 Å². The summed E-state index contributed by atoms with van der Waals surface area (Å²) in [6.45, 7) is 6.32. The van der Waals surface area contributed by atoms with E-state index in [0.717, 1.165) is 25.9 Å². The summed E-state index contributed by atoms with van der Waals surface area (Å²) in [5, 5.41) is 7.95. The quantitative estimate of drug-likeness (QED) is 0.883. The van der Waals surface area contributed by atoms with Gasteiger partial charge in [-0.2, -0.15) is 13.2 Å². The third kappa shape index (κ3) is 3.76. The van der Waals surface area contributed by atoms with Crippen LogP contribution in [0.25, 0.3) is 0 Å². The summed E-state index contributed by atoms with van der Waals surface area (Å²) in [5.41, 5.74) is -0.527. The Bertz CT molecular complexity index is 530. The summed E-state index contributed by atoms with van der Waals surface area (Å²) in [5.74, 6) is -1.40. The van der Waals surface area contributed by atoms with Gasteiger partial charge >= 0.3 is 6.18 Å². The van der Waals surface area contributed by atoms with E-state index in [1.807, 2.05) is 13.8 Å². The molecule has 0 aromatic carbocycles. The van der Waals surface area contributed by atoms with Gasteiger partial charge in [0, 0.05) is 6.54 Å². The van der Waals surface area contributed by atoms with Crippen molar-refractivity contribution in [3.8, 4) is 0 Å². The van der Waals surface area contributed by atoms with E-state index in [4.69, 9.17) is 0 Å². The van der Waals surface area contributed by atoms with Crippen molar-refractivity contribution in [3.05, 3.63) is 11.6 Å². The number of carbonyl (C=O) groups excluding carboxylic acids is 1. The van der Waals surface area contributed by atoms with Crippen molar-refractivity contribution in [2.45, 2.75) is 39.4 Å². The molecule has 0 radical (unpaired) electrons. The van der Waals surface area contributed by atoms with Crippen molar-refractivity contribution in [1.82, 2.24) is 25.4 Å². The van der Waals surface area contributed by atoms with Crippen LogP contribution in [-0.2, 0) is 17.5 Å². The number of carbonyl (C=O) groups is 1. The molecule has 0 aliphatic carbocycles. The number of piperidine rings is 1. The van der Waals surface area contributed by atoms with E-state index in [9.17, 15) is 18.0 Å². The summed E-state index contributed by atoms with van der Waals surface area (Å²) >= 11 is 0. The highest BCUT2D eigenvalue weighted by molar-refractivity contribution is 5.82. The maximum atomic E-state index is 12.4. The zero-order valence-corrected chi connectivity index (χ0v) is 12.6. The Hall–Kier alpha value is -1.64. The molecule has 1 aliphatic heterocycles. The number of halogens is 3. The van der Waals surface area contributed by atoms with Gasteiger partial charge in [-0.1, -0.05) is 6.92 Å². The maximum Gasteiger partial charge on any atom is 0.453 e. The number of nitrogens with one attached hydrogen (secondary N) is 2. The van der Waals surface area contributed by atoms with Crippen LogP contribution in [0.1, 0.15) is 38.3 Å². The summed E-state index contributed by atoms with van der Waals surface area (Å²) in [4.78, 5) is 17.9. The first-order chi connectivity index (χ1) is 10.2. The predicted molar refractivity (Wildman–Crippen MR) is 72.7 cm³/mol. The molecule has 0 bridgehead atoms. The zero-order valence-electron chi connectivity index (χ0n) is 12.6. The predicted octanol–water partition coefficient (Wildman–Crippen LogP) is 1.56. The largest absolute Gasteiger partial charge is 0.453 e. The Morgan fingerprint density at radius 2 is 2.23 bits per heavy atom. The van der Waals surface area contributed by atoms with Gasteiger partial charge in [-0.15, -0.1) is 5.10 Å². The Morgan fingerprint density at radius 3 is 2.82 bits per heavy atom. The molecule has 0 spiro atoms. The molecule has 1 amide bonds. The molecular formula is C13H20F3N5O. The lowest BCUT2D eigenvalue weighted by molar-refractivity contribution is -0.144. The van der Waals surface area contributed by atoms with E-state index < -0.39 is 17.4 Å². The standard InChI is InChI=1S/C13H20F3N5O/c1-3-21-6-4-5-12(2,8-21)11(22)17-7-9-18-10(20-19-9)13(14,15)16/h3-8H2,1-2H3,(H,17,22)(H,18,19,20). The highest BCUT2D eigenvalue weighted by Gasteiger charge is 2.38. The monoisotopic (exact) mass is 319 g/mol. The van der Waals surface area contributed by atoms with Crippen LogP contribution in [0.2, 0.25) is 0 Å². The van der Waals surface area contributed by atoms with Crippen molar-refractivity contribution in [3.63, 3.8) is 0 Å². The Morgan fingerprint density at radius 1 is 1.50 bits per heavy atom. The number of likely N-dealkylation sites (tertiary alicyclic amines) is 1. The average molecular weight is 319 g/mol. The van der Waals surface area contributed by atoms with Gasteiger partial charge in [-0.25, -0.2) is 4.98 Å². The third-order valence-corrected chi connectivity index (χ3v) is 3.97. The van der Waals surface area contributed by atoms with E-state index in [-0.39, 0.29) is 18.3 Å². The summed E-state index contributed by atoms with van der Waals surface area (Å²) in [6.07, 6.45) is -2.90. The van der Waals surface area contributed by atoms with Gasteiger partial charge in [0.2, 0.25) is 5.91 Å². The second kappa shape index (κ2) is 6.23. The summed E-state index contributed by atoms with van der Waals surface area (Å²) in [6, 6.07) is 0. The number of alkyl halides is 3. The fourth-order valence-corrected chi connectivity index (χ4v) is 2.68. The molecule has 9 heteroatoms. The first-order valence-corrected chi connectivity index (χ1v) is 7.24. The average Bonchev–Trinajstić information content (AvgIpc) is 2.93. The van der Waals surface area contributed by atoms with Crippen LogP contribution in [0.5, 0.6) is 0 Å². The molecular weight excluding hydrogens is 299 g/mol. The fourth-order valence-electron chi connectivity index (χ4n) is 2.68. The van der Waals surface area contributed by atoms with Crippen LogP contribution in [0.15, 0.2) is 0 Å². The van der Waals surface area contributed by atoms with Crippen LogP contribution >= 0.6 is 0 Å². The molecule has 1 unspecified atom stereocenters. The number of hydrogen-bond acceptors (Lipinski definition) is 4. The Balaban J connectivity index is 1.93. The van der Waals surface area contributed by atoms with Crippen LogP contribution < -0.4 is 5.32 Å². The molecule has 22 heavy (non-hydrogen) atoms. The van der Waals surface area contributed by atoms with Crippen LogP contribution in [-0.4, -0.2) is 45.6 Å².